The molecule has 2 aromatic heterocycles. The molecular weight excluding hydrogens is 212 g/mol. The summed E-state index contributed by atoms with van der Waals surface area (Å²) in [5.41, 5.74) is 1.42. The largest absolute Gasteiger partial charge is 0.384 e. The summed E-state index contributed by atoms with van der Waals surface area (Å²) in [4.78, 5) is 5.09. The molecule has 0 atom stereocenters. The van der Waals surface area contributed by atoms with E-state index in [-0.39, 0.29) is 0 Å². The molecule has 1 N–H and O–H groups in total. The first-order valence-electron chi connectivity index (χ1n) is 4.56. The summed E-state index contributed by atoms with van der Waals surface area (Å²) in [7, 11) is 0. The lowest BCUT2D eigenvalue weighted by Gasteiger charge is -2.11. The molecule has 0 saturated heterocycles. The van der Waals surface area contributed by atoms with Gasteiger partial charge >= 0.3 is 0 Å². The Morgan fingerprint density at radius 1 is 1.53 bits per heavy atom. The maximum atomic E-state index is 9.70. The van der Waals surface area contributed by atoms with Crippen LogP contribution in [0, 0.1) is 0 Å². The predicted molar refractivity (Wildman–Crippen MR) is 56.5 cm³/mol. The van der Waals surface area contributed by atoms with Crippen molar-refractivity contribution in [3.8, 4) is 0 Å². The van der Waals surface area contributed by atoms with Crippen LogP contribution in [0.15, 0.2) is 17.9 Å². The summed E-state index contributed by atoms with van der Waals surface area (Å²) >= 11 is 1.57. The second-order valence-electron chi connectivity index (χ2n) is 3.83. The van der Waals surface area contributed by atoms with Crippen molar-refractivity contribution >= 4 is 11.3 Å². The Labute approximate surface area is 91.4 Å². The third-order valence-electron chi connectivity index (χ3n) is 1.97. The van der Waals surface area contributed by atoms with E-state index in [0.29, 0.717) is 12.2 Å². The number of aliphatic hydroxyl groups is 1. The normalized spacial score (nSPS) is 11.9. The van der Waals surface area contributed by atoms with E-state index in [1.54, 1.807) is 47.8 Å². The Balaban J connectivity index is 2.15. The average Bonchev–Trinajstić information content (AvgIpc) is 2.73. The lowest BCUT2D eigenvalue weighted by molar-refractivity contribution is 0.0737. The quantitative estimate of drug-likeness (QED) is 0.845. The molecule has 0 fully saturated rings. The zero-order valence-electron chi connectivity index (χ0n) is 8.58. The highest BCUT2D eigenvalue weighted by Gasteiger charge is 2.19. The summed E-state index contributed by atoms with van der Waals surface area (Å²) in [5.74, 6) is 0. The molecule has 0 unspecified atom stereocenters. The maximum absolute atomic E-state index is 9.70. The highest BCUT2D eigenvalue weighted by atomic mass is 32.1. The highest BCUT2D eigenvalue weighted by Crippen LogP contribution is 2.16. The van der Waals surface area contributed by atoms with Crippen LogP contribution in [-0.4, -0.2) is 25.1 Å². The van der Waals surface area contributed by atoms with Gasteiger partial charge in [0.2, 0.25) is 0 Å². The van der Waals surface area contributed by atoms with E-state index in [1.165, 1.54) is 0 Å². The molecule has 0 spiro atoms. The van der Waals surface area contributed by atoms with E-state index >= 15 is 0 Å². The van der Waals surface area contributed by atoms with Crippen molar-refractivity contribution in [1.82, 2.24) is 20.0 Å². The standard InChI is InChI=1S/C9H12N4OS/c1-9(2,14)8-5-13(12-11-8)4-7-3-10-6-15-7/h3,5-6,14H,4H2,1-2H3. The Bertz CT molecular complexity index is 429. The Kier molecular flexibility index (Phi) is 2.54. The van der Waals surface area contributed by atoms with Gasteiger partial charge in [-0.2, -0.15) is 0 Å². The lowest BCUT2D eigenvalue weighted by Crippen LogP contribution is -2.15. The Morgan fingerprint density at radius 3 is 2.87 bits per heavy atom. The number of hydrogen-bond acceptors (Lipinski definition) is 5. The molecule has 0 saturated carbocycles. The molecule has 0 aliphatic carbocycles. The van der Waals surface area contributed by atoms with Crippen molar-refractivity contribution in [2.75, 3.05) is 0 Å². The molecule has 0 bridgehead atoms. The number of aromatic nitrogens is 4. The fourth-order valence-corrected chi connectivity index (χ4v) is 1.72. The molecule has 2 rings (SSSR count). The molecule has 80 valence electrons. The first-order valence-corrected chi connectivity index (χ1v) is 5.44. The summed E-state index contributed by atoms with van der Waals surface area (Å²) < 4.78 is 1.70. The smallest absolute Gasteiger partial charge is 0.114 e. The van der Waals surface area contributed by atoms with Gasteiger partial charge in [0, 0.05) is 11.1 Å². The van der Waals surface area contributed by atoms with Gasteiger partial charge in [0.15, 0.2) is 0 Å². The predicted octanol–water partition coefficient (Wildman–Crippen LogP) is 1.01. The monoisotopic (exact) mass is 224 g/mol. The van der Waals surface area contributed by atoms with Gasteiger partial charge in [0.05, 0.1) is 18.3 Å². The van der Waals surface area contributed by atoms with Crippen LogP contribution in [0.5, 0.6) is 0 Å². The molecule has 0 aliphatic heterocycles. The molecule has 0 radical (unpaired) electrons. The van der Waals surface area contributed by atoms with E-state index in [1.807, 2.05) is 0 Å². The van der Waals surface area contributed by atoms with Crippen molar-refractivity contribution in [2.45, 2.75) is 26.0 Å². The fourth-order valence-electron chi connectivity index (χ4n) is 1.14. The van der Waals surface area contributed by atoms with Crippen molar-refractivity contribution in [3.05, 3.63) is 28.5 Å². The average molecular weight is 224 g/mol. The first kappa shape index (κ1) is 10.3. The molecule has 15 heavy (non-hydrogen) atoms. The van der Waals surface area contributed by atoms with E-state index in [0.717, 1.165) is 4.88 Å². The van der Waals surface area contributed by atoms with Crippen LogP contribution < -0.4 is 0 Å². The third kappa shape index (κ3) is 2.40. The fraction of sp³-hybridized carbons (Fsp3) is 0.444. The van der Waals surface area contributed by atoms with Gasteiger partial charge in [-0.3, -0.25) is 4.98 Å². The van der Waals surface area contributed by atoms with Crippen LogP contribution in [0.25, 0.3) is 0 Å². The van der Waals surface area contributed by atoms with Gasteiger partial charge in [0.25, 0.3) is 0 Å². The van der Waals surface area contributed by atoms with Gasteiger partial charge in [-0.25, -0.2) is 4.68 Å². The molecule has 0 aromatic carbocycles. The minimum atomic E-state index is -0.939. The van der Waals surface area contributed by atoms with Crippen molar-refractivity contribution in [1.29, 1.82) is 0 Å². The van der Waals surface area contributed by atoms with E-state index < -0.39 is 5.60 Å². The summed E-state index contributed by atoms with van der Waals surface area (Å²) in [6, 6.07) is 0. The number of rotatable bonds is 3. The van der Waals surface area contributed by atoms with E-state index in [4.69, 9.17) is 0 Å². The third-order valence-corrected chi connectivity index (χ3v) is 2.73. The second-order valence-corrected chi connectivity index (χ2v) is 4.80. The Hall–Kier alpha value is -1.27. The van der Waals surface area contributed by atoms with Gasteiger partial charge in [0.1, 0.15) is 11.3 Å². The van der Waals surface area contributed by atoms with E-state index in [9.17, 15) is 5.11 Å². The molecule has 0 amide bonds. The molecular formula is C9H12N4OS. The molecule has 2 heterocycles. The van der Waals surface area contributed by atoms with Crippen molar-refractivity contribution in [3.63, 3.8) is 0 Å². The molecule has 6 heteroatoms. The Morgan fingerprint density at radius 2 is 2.33 bits per heavy atom. The number of thiazole rings is 1. The lowest BCUT2D eigenvalue weighted by atomic mass is 10.1. The molecule has 0 aliphatic rings. The minimum absolute atomic E-state index is 0.576. The summed E-state index contributed by atoms with van der Waals surface area (Å²) in [6.07, 6.45) is 3.55. The van der Waals surface area contributed by atoms with Gasteiger partial charge in [-0.1, -0.05) is 5.21 Å². The van der Waals surface area contributed by atoms with Crippen molar-refractivity contribution in [2.24, 2.45) is 0 Å². The van der Waals surface area contributed by atoms with Crippen LogP contribution in [0.2, 0.25) is 0 Å². The molecule has 2 aromatic rings. The number of hydrogen-bond donors (Lipinski definition) is 1. The zero-order valence-corrected chi connectivity index (χ0v) is 9.40. The van der Waals surface area contributed by atoms with Gasteiger partial charge in [-0.15, -0.1) is 16.4 Å². The first-order chi connectivity index (χ1) is 7.05. The molecule has 5 nitrogen and oxygen atoms in total. The topological polar surface area (TPSA) is 63.8 Å². The summed E-state index contributed by atoms with van der Waals surface area (Å²) in [5, 5.41) is 17.6. The highest BCUT2D eigenvalue weighted by molar-refractivity contribution is 7.09. The van der Waals surface area contributed by atoms with Crippen molar-refractivity contribution < 1.29 is 5.11 Å². The van der Waals surface area contributed by atoms with Crippen LogP contribution in [-0.2, 0) is 12.1 Å². The van der Waals surface area contributed by atoms with Crippen LogP contribution >= 0.6 is 11.3 Å². The van der Waals surface area contributed by atoms with Crippen LogP contribution in [0.1, 0.15) is 24.4 Å². The maximum Gasteiger partial charge on any atom is 0.114 e. The summed E-state index contributed by atoms with van der Waals surface area (Å²) in [6.45, 7) is 4.02. The second kappa shape index (κ2) is 3.71. The van der Waals surface area contributed by atoms with Crippen LogP contribution in [0.3, 0.4) is 0 Å². The number of nitrogens with zero attached hydrogens (tertiary/aromatic N) is 4. The zero-order chi connectivity index (χ0) is 10.9. The van der Waals surface area contributed by atoms with Gasteiger partial charge in [-0.05, 0) is 13.8 Å². The van der Waals surface area contributed by atoms with Crippen LogP contribution in [0.4, 0.5) is 0 Å². The van der Waals surface area contributed by atoms with Gasteiger partial charge < -0.3 is 5.11 Å². The minimum Gasteiger partial charge on any atom is -0.384 e. The SMILES string of the molecule is CC(C)(O)c1cn(Cc2cncs2)nn1. The van der Waals surface area contributed by atoms with E-state index in [2.05, 4.69) is 15.3 Å².